The molecule has 0 heterocycles. The molecule has 0 aliphatic rings. The van der Waals surface area contributed by atoms with E-state index >= 15 is 0 Å². The first-order valence-corrected chi connectivity index (χ1v) is 7.71. The molecule has 1 aromatic carbocycles. The molecular formula is C16H23ClN2O2. The summed E-state index contributed by atoms with van der Waals surface area (Å²) in [5, 5.41) is 6.37. The Labute approximate surface area is 131 Å². The molecule has 0 atom stereocenters. The van der Waals surface area contributed by atoms with Crippen molar-refractivity contribution in [3.8, 4) is 0 Å². The molecule has 0 spiro atoms. The van der Waals surface area contributed by atoms with Crippen LogP contribution in [0.1, 0.15) is 38.2 Å². The van der Waals surface area contributed by atoms with E-state index in [1.807, 2.05) is 24.3 Å². The van der Waals surface area contributed by atoms with Gasteiger partial charge in [-0.25, -0.2) is 0 Å². The summed E-state index contributed by atoms with van der Waals surface area (Å²) in [5.41, 5.74) is 1.12. The number of halogens is 1. The Kier molecular flexibility index (Phi) is 8.51. The number of nitrogens with one attached hydrogen (secondary N) is 2. The van der Waals surface area contributed by atoms with Crippen molar-refractivity contribution in [3.63, 3.8) is 0 Å². The zero-order valence-electron chi connectivity index (χ0n) is 12.5. The van der Waals surface area contributed by atoms with Gasteiger partial charge in [0.25, 0.3) is 0 Å². The molecule has 1 rings (SSSR count). The Bertz CT molecular complexity index is 463. The average Bonchev–Trinajstić information content (AvgIpc) is 2.42. The number of hydrogen-bond donors (Lipinski definition) is 2. The summed E-state index contributed by atoms with van der Waals surface area (Å²) >= 11 is 5.90. The van der Waals surface area contributed by atoms with Crippen LogP contribution in [0.2, 0.25) is 5.02 Å². The average molecular weight is 311 g/mol. The highest BCUT2D eigenvalue weighted by Gasteiger charge is 2.01. The molecule has 4 nitrogen and oxygen atoms in total. The second-order valence-corrected chi connectivity index (χ2v) is 5.46. The number of benzene rings is 1. The van der Waals surface area contributed by atoms with E-state index < -0.39 is 0 Å². The van der Waals surface area contributed by atoms with Crippen molar-refractivity contribution in [1.29, 1.82) is 0 Å². The molecular weight excluding hydrogens is 288 g/mol. The standard InChI is InChI=1S/C16H23ClN2O2/c1-13(20)18-10-4-2-3-8-16(21)19-11-9-14-6-5-7-15(17)12-14/h5-7,12H,2-4,8-11H2,1H3,(H,18,20)(H,19,21). The van der Waals surface area contributed by atoms with Crippen LogP contribution < -0.4 is 10.6 Å². The van der Waals surface area contributed by atoms with Crippen molar-refractivity contribution < 1.29 is 9.59 Å². The van der Waals surface area contributed by atoms with Crippen LogP contribution >= 0.6 is 11.6 Å². The first kappa shape index (κ1) is 17.5. The summed E-state index contributed by atoms with van der Waals surface area (Å²) in [6.45, 7) is 2.82. The smallest absolute Gasteiger partial charge is 0.220 e. The summed E-state index contributed by atoms with van der Waals surface area (Å²) in [6.07, 6.45) is 4.03. The highest BCUT2D eigenvalue weighted by molar-refractivity contribution is 6.30. The highest BCUT2D eigenvalue weighted by atomic mass is 35.5. The van der Waals surface area contributed by atoms with Gasteiger partial charge in [-0.1, -0.05) is 30.2 Å². The van der Waals surface area contributed by atoms with E-state index in [0.717, 1.165) is 36.3 Å². The molecule has 116 valence electrons. The van der Waals surface area contributed by atoms with Crippen molar-refractivity contribution in [3.05, 3.63) is 34.9 Å². The quantitative estimate of drug-likeness (QED) is 0.689. The fourth-order valence-electron chi connectivity index (χ4n) is 1.98. The van der Waals surface area contributed by atoms with Gasteiger partial charge in [-0.3, -0.25) is 9.59 Å². The fourth-order valence-corrected chi connectivity index (χ4v) is 2.19. The zero-order chi connectivity index (χ0) is 15.5. The lowest BCUT2D eigenvalue weighted by atomic mass is 10.1. The third-order valence-corrected chi connectivity index (χ3v) is 3.31. The van der Waals surface area contributed by atoms with E-state index in [9.17, 15) is 9.59 Å². The minimum atomic E-state index is -0.00578. The maximum absolute atomic E-state index is 11.6. The SMILES string of the molecule is CC(=O)NCCCCCC(=O)NCCc1cccc(Cl)c1. The van der Waals surface area contributed by atoms with Gasteiger partial charge in [0.1, 0.15) is 0 Å². The van der Waals surface area contributed by atoms with E-state index in [-0.39, 0.29) is 11.8 Å². The molecule has 5 heteroatoms. The number of carbonyl (C=O) groups is 2. The summed E-state index contributed by atoms with van der Waals surface area (Å²) in [5.74, 6) is 0.0744. The van der Waals surface area contributed by atoms with Crippen molar-refractivity contribution >= 4 is 23.4 Å². The third kappa shape index (κ3) is 9.08. The Morgan fingerprint density at radius 3 is 2.62 bits per heavy atom. The molecule has 0 unspecified atom stereocenters. The largest absolute Gasteiger partial charge is 0.356 e. The van der Waals surface area contributed by atoms with Gasteiger partial charge in [-0.05, 0) is 37.0 Å². The summed E-state index contributed by atoms with van der Waals surface area (Å²) in [7, 11) is 0. The molecule has 0 fully saturated rings. The van der Waals surface area contributed by atoms with Crippen LogP contribution in [0.4, 0.5) is 0 Å². The molecule has 0 aliphatic heterocycles. The van der Waals surface area contributed by atoms with Gasteiger partial charge in [0.15, 0.2) is 0 Å². The van der Waals surface area contributed by atoms with Crippen molar-refractivity contribution in [2.75, 3.05) is 13.1 Å². The summed E-state index contributed by atoms with van der Waals surface area (Å²) in [6, 6.07) is 7.66. The second-order valence-electron chi connectivity index (χ2n) is 5.02. The van der Waals surface area contributed by atoms with E-state index in [0.29, 0.717) is 19.5 Å². The van der Waals surface area contributed by atoms with Crippen LogP contribution in [-0.4, -0.2) is 24.9 Å². The van der Waals surface area contributed by atoms with E-state index in [1.165, 1.54) is 6.92 Å². The van der Waals surface area contributed by atoms with Gasteiger partial charge in [0, 0.05) is 31.5 Å². The number of hydrogen-bond acceptors (Lipinski definition) is 2. The number of unbranched alkanes of at least 4 members (excludes halogenated alkanes) is 2. The maximum atomic E-state index is 11.6. The molecule has 2 amide bonds. The molecule has 0 aromatic heterocycles. The van der Waals surface area contributed by atoms with E-state index in [1.54, 1.807) is 0 Å². The lowest BCUT2D eigenvalue weighted by Crippen LogP contribution is -2.25. The minimum absolute atomic E-state index is 0.00578. The predicted octanol–water partition coefficient (Wildman–Crippen LogP) is 2.70. The first-order chi connectivity index (χ1) is 10.1. The molecule has 2 N–H and O–H groups in total. The van der Waals surface area contributed by atoms with Gasteiger partial charge in [-0.2, -0.15) is 0 Å². The van der Waals surface area contributed by atoms with Gasteiger partial charge in [0.05, 0.1) is 0 Å². The van der Waals surface area contributed by atoms with Crippen LogP contribution in [0, 0.1) is 0 Å². The van der Waals surface area contributed by atoms with Gasteiger partial charge >= 0.3 is 0 Å². The Hall–Kier alpha value is -1.55. The summed E-state index contributed by atoms with van der Waals surface area (Å²) in [4.78, 5) is 22.3. The van der Waals surface area contributed by atoms with Crippen molar-refractivity contribution in [2.24, 2.45) is 0 Å². The monoisotopic (exact) mass is 310 g/mol. The topological polar surface area (TPSA) is 58.2 Å². The molecule has 0 saturated heterocycles. The van der Waals surface area contributed by atoms with E-state index in [2.05, 4.69) is 10.6 Å². The van der Waals surface area contributed by atoms with Crippen LogP contribution in [0.25, 0.3) is 0 Å². The molecule has 21 heavy (non-hydrogen) atoms. The van der Waals surface area contributed by atoms with E-state index in [4.69, 9.17) is 11.6 Å². The first-order valence-electron chi connectivity index (χ1n) is 7.33. The molecule has 0 aliphatic carbocycles. The van der Waals surface area contributed by atoms with Crippen LogP contribution in [0.15, 0.2) is 24.3 Å². The van der Waals surface area contributed by atoms with Gasteiger partial charge in [-0.15, -0.1) is 0 Å². The maximum Gasteiger partial charge on any atom is 0.220 e. The van der Waals surface area contributed by atoms with Gasteiger partial charge in [0.2, 0.25) is 11.8 Å². The normalized spacial score (nSPS) is 10.2. The van der Waals surface area contributed by atoms with Crippen LogP contribution in [-0.2, 0) is 16.0 Å². The van der Waals surface area contributed by atoms with Crippen LogP contribution in [0.5, 0.6) is 0 Å². The van der Waals surface area contributed by atoms with Crippen molar-refractivity contribution in [2.45, 2.75) is 39.0 Å². The Morgan fingerprint density at radius 1 is 1.10 bits per heavy atom. The predicted molar refractivity (Wildman–Crippen MR) is 85.3 cm³/mol. The number of carbonyl (C=O) groups excluding carboxylic acids is 2. The third-order valence-electron chi connectivity index (χ3n) is 3.08. The molecule has 0 radical (unpaired) electrons. The zero-order valence-corrected chi connectivity index (χ0v) is 13.2. The fraction of sp³-hybridized carbons (Fsp3) is 0.500. The number of rotatable bonds is 9. The lowest BCUT2D eigenvalue weighted by molar-refractivity contribution is -0.121. The van der Waals surface area contributed by atoms with Gasteiger partial charge < -0.3 is 10.6 Å². The molecule has 1 aromatic rings. The highest BCUT2D eigenvalue weighted by Crippen LogP contribution is 2.10. The Morgan fingerprint density at radius 2 is 1.90 bits per heavy atom. The Balaban J connectivity index is 2.02. The number of amides is 2. The lowest BCUT2D eigenvalue weighted by Gasteiger charge is -2.06. The second kappa shape index (κ2) is 10.2. The summed E-state index contributed by atoms with van der Waals surface area (Å²) < 4.78 is 0. The minimum Gasteiger partial charge on any atom is -0.356 e. The molecule has 0 bridgehead atoms. The van der Waals surface area contributed by atoms with Crippen molar-refractivity contribution in [1.82, 2.24) is 10.6 Å². The van der Waals surface area contributed by atoms with Crippen LogP contribution in [0.3, 0.4) is 0 Å². The molecule has 0 saturated carbocycles.